The molecule has 1 aromatic rings. The minimum Gasteiger partial charge on any atom is -0.459 e. The van der Waals surface area contributed by atoms with Crippen LogP contribution in [0.1, 0.15) is 44.2 Å². The molecule has 3 nitrogen and oxygen atoms in total. The van der Waals surface area contributed by atoms with Gasteiger partial charge in [0.05, 0.1) is 5.56 Å². The summed E-state index contributed by atoms with van der Waals surface area (Å²) in [6.07, 6.45) is -1.08. The van der Waals surface area contributed by atoms with Gasteiger partial charge in [-0.3, -0.25) is 9.59 Å². The Balaban J connectivity index is 2.31. The number of benzene rings is 1. The van der Waals surface area contributed by atoms with Crippen molar-refractivity contribution in [2.45, 2.75) is 44.9 Å². The van der Waals surface area contributed by atoms with Crippen LogP contribution < -0.4 is 0 Å². The molecule has 0 bridgehead atoms. The Bertz CT molecular complexity index is 652. The molecule has 0 amide bonds. The van der Waals surface area contributed by atoms with Crippen molar-refractivity contribution in [2.75, 3.05) is 0 Å². The summed E-state index contributed by atoms with van der Waals surface area (Å²) in [5.74, 6) is -2.60. The van der Waals surface area contributed by atoms with Crippen LogP contribution in [0.4, 0.5) is 13.2 Å². The first-order valence-electron chi connectivity index (χ1n) is 7.59. The largest absolute Gasteiger partial charge is 0.459 e. The maximum atomic E-state index is 12.7. The van der Waals surface area contributed by atoms with E-state index in [1.54, 1.807) is 26.8 Å². The normalized spacial score (nSPS) is 21.7. The van der Waals surface area contributed by atoms with Gasteiger partial charge in [0, 0.05) is 5.92 Å². The number of allylic oxidation sites excluding steroid dienone is 2. The smallest absolute Gasteiger partial charge is 0.416 e. The molecule has 0 aliphatic heterocycles. The summed E-state index contributed by atoms with van der Waals surface area (Å²) in [5, 5.41) is 0. The molecule has 0 spiro atoms. The molecule has 0 saturated heterocycles. The molecule has 6 heteroatoms. The van der Waals surface area contributed by atoms with Gasteiger partial charge in [0.25, 0.3) is 0 Å². The fraction of sp³-hybridized carbons (Fsp3) is 0.444. The summed E-state index contributed by atoms with van der Waals surface area (Å²) in [6, 6.07) is 4.56. The highest BCUT2D eigenvalue weighted by Gasteiger charge is 2.39. The molecule has 1 aromatic carbocycles. The van der Waals surface area contributed by atoms with Crippen LogP contribution in [0.5, 0.6) is 0 Å². The molecule has 0 aromatic heterocycles. The lowest BCUT2D eigenvalue weighted by atomic mass is 9.77. The average molecular weight is 340 g/mol. The van der Waals surface area contributed by atoms with Crippen molar-refractivity contribution in [1.29, 1.82) is 0 Å². The second-order valence-corrected chi connectivity index (χ2v) is 6.78. The van der Waals surface area contributed by atoms with Crippen molar-refractivity contribution < 1.29 is 27.5 Å². The molecule has 0 heterocycles. The van der Waals surface area contributed by atoms with Crippen molar-refractivity contribution in [3.8, 4) is 0 Å². The van der Waals surface area contributed by atoms with Crippen LogP contribution in [0, 0.1) is 5.92 Å². The van der Waals surface area contributed by atoms with E-state index < -0.39 is 35.1 Å². The molecule has 130 valence electrons. The van der Waals surface area contributed by atoms with Crippen molar-refractivity contribution in [2.24, 2.45) is 5.92 Å². The minimum atomic E-state index is -4.43. The number of hydrogen-bond acceptors (Lipinski definition) is 3. The number of carbonyl (C=O) groups excluding carboxylic acids is 2. The molecule has 24 heavy (non-hydrogen) atoms. The Kier molecular flexibility index (Phi) is 4.87. The van der Waals surface area contributed by atoms with Gasteiger partial charge in [0.15, 0.2) is 5.78 Å². The Labute approximate surface area is 138 Å². The predicted molar refractivity (Wildman–Crippen MR) is 82.3 cm³/mol. The Hall–Kier alpha value is -2.11. The zero-order valence-corrected chi connectivity index (χ0v) is 13.7. The van der Waals surface area contributed by atoms with Gasteiger partial charge in [-0.15, -0.1) is 0 Å². The highest BCUT2D eigenvalue weighted by molar-refractivity contribution is 6.06. The summed E-state index contributed by atoms with van der Waals surface area (Å²) >= 11 is 0. The molecular weight excluding hydrogens is 321 g/mol. The van der Waals surface area contributed by atoms with Crippen LogP contribution in [0.25, 0.3) is 0 Å². The van der Waals surface area contributed by atoms with E-state index in [9.17, 15) is 22.8 Å². The molecule has 0 N–H and O–H groups in total. The summed E-state index contributed by atoms with van der Waals surface area (Å²) < 4.78 is 43.3. The summed E-state index contributed by atoms with van der Waals surface area (Å²) in [5.41, 5.74) is -1.00. The van der Waals surface area contributed by atoms with Crippen LogP contribution in [0.2, 0.25) is 0 Å². The fourth-order valence-electron chi connectivity index (χ4n) is 2.66. The molecule has 0 unspecified atom stereocenters. The van der Waals surface area contributed by atoms with Crippen LogP contribution in [-0.2, 0) is 20.5 Å². The molecule has 2 atom stereocenters. The van der Waals surface area contributed by atoms with Crippen molar-refractivity contribution in [3.63, 3.8) is 0 Å². The topological polar surface area (TPSA) is 43.4 Å². The average Bonchev–Trinajstić information content (AvgIpc) is 2.44. The van der Waals surface area contributed by atoms with Crippen LogP contribution in [0.15, 0.2) is 36.4 Å². The monoisotopic (exact) mass is 340 g/mol. The van der Waals surface area contributed by atoms with Gasteiger partial charge in [-0.05, 0) is 51.0 Å². The van der Waals surface area contributed by atoms with Gasteiger partial charge in [-0.25, -0.2) is 0 Å². The molecule has 0 fully saturated rings. The quantitative estimate of drug-likeness (QED) is 0.596. The first-order chi connectivity index (χ1) is 11.0. The molecular formula is C18H19F3O3. The van der Waals surface area contributed by atoms with E-state index >= 15 is 0 Å². The van der Waals surface area contributed by atoms with Crippen molar-refractivity contribution in [3.05, 3.63) is 47.5 Å². The van der Waals surface area contributed by atoms with Gasteiger partial charge in [-0.1, -0.05) is 18.2 Å². The van der Waals surface area contributed by atoms with E-state index in [4.69, 9.17) is 4.74 Å². The first kappa shape index (κ1) is 18.2. The summed E-state index contributed by atoms with van der Waals surface area (Å²) in [4.78, 5) is 24.5. The SMILES string of the molecule is CC(C)(C)OC(=O)[C@@H]1C(=O)C=CC[C@H]1c1ccc(C(F)(F)F)cc1. The maximum absolute atomic E-state index is 12.7. The van der Waals surface area contributed by atoms with Gasteiger partial charge in [0.1, 0.15) is 11.5 Å². The highest BCUT2D eigenvalue weighted by Crippen LogP contribution is 2.36. The van der Waals surface area contributed by atoms with Gasteiger partial charge >= 0.3 is 12.1 Å². The zero-order valence-electron chi connectivity index (χ0n) is 13.7. The minimum absolute atomic E-state index is 0.389. The van der Waals surface area contributed by atoms with E-state index in [0.717, 1.165) is 12.1 Å². The van der Waals surface area contributed by atoms with Crippen LogP contribution in [0.3, 0.4) is 0 Å². The number of ether oxygens (including phenoxy) is 1. The van der Waals surface area contributed by atoms with E-state index in [1.165, 1.54) is 18.2 Å². The highest BCUT2D eigenvalue weighted by atomic mass is 19.4. The number of alkyl halides is 3. The third-order valence-electron chi connectivity index (χ3n) is 3.71. The van der Waals surface area contributed by atoms with Gasteiger partial charge < -0.3 is 4.74 Å². The molecule has 1 aliphatic carbocycles. The number of rotatable bonds is 2. The second-order valence-electron chi connectivity index (χ2n) is 6.78. The van der Waals surface area contributed by atoms with Gasteiger partial charge in [0.2, 0.25) is 0 Å². The lowest BCUT2D eigenvalue weighted by molar-refractivity contribution is -0.162. The Morgan fingerprint density at radius 2 is 1.71 bits per heavy atom. The van der Waals surface area contributed by atoms with Crippen LogP contribution >= 0.6 is 0 Å². The second kappa shape index (κ2) is 6.42. The number of halogens is 3. The molecule has 2 rings (SSSR count). The number of carbonyl (C=O) groups is 2. The Morgan fingerprint density at radius 1 is 1.12 bits per heavy atom. The predicted octanol–water partition coefficient (Wildman–Crippen LogP) is 4.28. The third-order valence-corrected chi connectivity index (χ3v) is 3.71. The first-order valence-corrected chi connectivity index (χ1v) is 7.59. The van der Waals surface area contributed by atoms with E-state index in [0.29, 0.717) is 12.0 Å². The summed E-state index contributed by atoms with van der Waals surface area (Å²) in [7, 11) is 0. The van der Waals surface area contributed by atoms with E-state index in [-0.39, 0.29) is 5.78 Å². The van der Waals surface area contributed by atoms with Crippen molar-refractivity contribution >= 4 is 11.8 Å². The van der Waals surface area contributed by atoms with E-state index in [2.05, 4.69) is 0 Å². The molecule has 0 saturated carbocycles. The molecule has 1 aliphatic rings. The fourth-order valence-corrected chi connectivity index (χ4v) is 2.66. The maximum Gasteiger partial charge on any atom is 0.416 e. The van der Waals surface area contributed by atoms with Gasteiger partial charge in [-0.2, -0.15) is 13.2 Å². The standard InChI is InChI=1S/C18H19F3O3/c1-17(2,3)24-16(23)15-13(5-4-6-14(15)22)11-7-9-12(10-8-11)18(19,20)21/h4,6-10,13,15H,5H2,1-3H3/t13-,15-/m0/s1. The zero-order chi connectivity index (χ0) is 18.1. The number of esters is 1. The number of ketones is 1. The Morgan fingerprint density at radius 3 is 2.21 bits per heavy atom. The lowest BCUT2D eigenvalue weighted by Crippen LogP contribution is -2.37. The lowest BCUT2D eigenvalue weighted by Gasteiger charge is -2.29. The van der Waals surface area contributed by atoms with E-state index in [1.807, 2.05) is 0 Å². The van der Waals surface area contributed by atoms with Crippen molar-refractivity contribution in [1.82, 2.24) is 0 Å². The molecule has 0 radical (unpaired) electrons. The number of hydrogen-bond donors (Lipinski definition) is 0. The summed E-state index contributed by atoms with van der Waals surface area (Å²) in [6.45, 7) is 5.09. The van der Waals surface area contributed by atoms with Crippen LogP contribution in [-0.4, -0.2) is 17.4 Å². The third kappa shape index (κ3) is 4.24.